The fraction of sp³-hybridized carbons (Fsp3) is 0.182. The summed E-state index contributed by atoms with van der Waals surface area (Å²) >= 11 is 0. The van der Waals surface area contributed by atoms with Crippen LogP contribution in [0.4, 0.5) is 5.82 Å². The van der Waals surface area contributed by atoms with Crippen molar-refractivity contribution in [2.24, 2.45) is 0 Å². The number of aromatic amines is 1. The number of carbonyl (C=O) groups is 1. The Kier molecular flexibility index (Phi) is 5.31. The van der Waals surface area contributed by atoms with Gasteiger partial charge in [0.25, 0.3) is 5.91 Å². The molecule has 4 rings (SSSR count). The number of nitrogens with zero attached hydrogens (tertiary/aromatic N) is 2. The highest BCUT2D eigenvalue weighted by Gasteiger charge is 2.14. The van der Waals surface area contributed by atoms with E-state index in [2.05, 4.69) is 15.5 Å². The lowest BCUT2D eigenvalue weighted by atomic mass is 10.1. The number of nitrogens with one attached hydrogen (secondary N) is 2. The Morgan fingerprint density at radius 1 is 1.14 bits per heavy atom. The van der Waals surface area contributed by atoms with E-state index in [1.54, 1.807) is 18.2 Å². The molecule has 7 heteroatoms. The molecule has 29 heavy (non-hydrogen) atoms. The number of benzene rings is 2. The molecule has 0 aliphatic carbocycles. The van der Waals surface area contributed by atoms with Crippen LogP contribution in [0.25, 0.3) is 10.8 Å². The maximum Gasteiger partial charge on any atom is 0.292 e. The van der Waals surface area contributed by atoms with Crippen LogP contribution in [0, 0.1) is 0 Å². The Labute approximate surface area is 168 Å². The van der Waals surface area contributed by atoms with Gasteiger partial charge in [-0.2, -0.15) is 5.10 Å². The second-order valence-corrected chi connectivity index (χ2v) is 7.00. The lowest BCUT2D eigenvalue weighted by Gasteiger charge is -2.07. The molecule has 0 bridgehead atoms. The van der Waals surface area contributed by atoms with Crippen molar-refractivity contribution in [3.63, 3.8) is 0 Å². The average Bonchev–Trinajstić information content (AvgIpc) is 3.35. The molecule has 0 atom stereocenters. The smallest absolute Gasteiger partial charge is 0.292 e. The predicted octanol–water partition coefficient (Wildman–Crippen LogP) is 4.05. The number of amides is 1. The van der Waals surface area contributed by atoms with Crippen molar-refractivity contribution in [2.75, 3.05) is 19.4 Å². The minimum atomic E-state index is -0.357. The second kappa shape index (κ2) is 8.20. The lowest BCUT2D eigenvalue weighted by molar-refractivity contribution is 0.0992. The summed E-state index contributed by atoms with van der Waals surface area (Å²) in [4.78, 5) is 14.4. The summed E-state index contributed by atoms with van der Waals surface area (Å²) in [7, 11) is 3.92. The summed E-state index contributed by atoms with van der Waals surface area (Å²) in [5.41, 5.74) is 0.911. The zero-order valence-electron chi connectivity index (χ0n) is 16.3. The summed E-state index contributed by atoms with van der Waals surface area (Å²) in [6.45, 7) is 0.940. The van der Waals surface area contributed by atoms with Gasteiger partial charge < -0.3 is 19.4 Å². The van der Waals surface area contributed by atoms with E-state index in [-0.39, 0.29) is 18.3 Å². The molecule has 0 radical (unpaired) electrons. The Balaban J connectivity index is 1.39. The molecule has 2 aromatic carbocycles. The normalized spacial score (nSPS) is 11.1. The number of rotatable bonds is 7. The third kappa shape index (κ3) is 4.47. The van der Waals surface area contributed by atoms with Crippen molar-refractivity contribution in [3.05, 3.63) is 77.9 Å². The number of H-pyrrole nitrogens is 1. The van der Waals surface area contributed by atoms with Gasteiger partial charge in [-0.1, -0.05) is 36.4 Å². The van der Waals surface area contributed by atoms with Crippen molar-refractivity contribution < 1.29 is 13.9 Å². The molecule has 0 aliphatic heterocycles. The van der Waals surface area contributed by atoms with Crippen molar-refractivity contribution in [3.8, 4) is 5.75 Å². The molecular weight excluding hydrogens is 368 g/mol. The molecule has 0 aliphatic rings. The Morgan fingerprint density at radius 3 is 2.83 bits per heavy atom. The molecule has 0 saturated carbocycles. The van der Waals surface area contributed by atoms with Crippen molar-refractivity contribution in [2.45, 2.75) is 13.2 Å². The van der Waals surface area contributed by atoms with Gasteiger partial charge in [-0.15, -0.1) is 0 Å². The minimum absolute atomic E-state index is 0.207. The Bertz CT molecular complexity index is 1120. The van der Waals surface area contributed by atoms with E-state index in [1.807, 2.05) is 61.5 Å². The minimum Gasteiger partial charge on any atom is -0.485 e. The zero-order chi connectivity index (χ0) is 20.2. The van der Waals surface area contributed by atoms with Crippen LogP contribution in [0.3, 0.4) is 0 Å². The third-order valence-electron chi connectivity index (χ3n) is 4.36. The summed E-state index contributed by atoms with van der Waals surface area (Å²) in [5, 5.41) is 11.9. The van der Waals surface area contributed by atoms with Crippen LogP contribution >= 0.6 is 0 Å². The highest BCUT2D eigenvalue weighted by Crippen LogP contribution is 2.26. The SMILES string of the molecule is CN(C)Cc1cc(NC(=O)c2ccc(COc3cccc4ccccc34)o2)n[nH]1. The summed E-state index contributed by atoms with van der Waals surface area (Å²) in [5.74, 6) is 1.65. The van der Waals surface area contributed by atoms with Gasteiger partial charge in [-0.05, 0) is 37.7 Å². The van der Waals surface area contributed by atoms with Crippen LogP contribution in [-0.2, 0) is 13.2 Å². The van der Waals surface area contributed by atoms with Gasteiger partial charge in [0, 0.05) is 18.0 Å². The molecule has 1 amide bonds. The molecular formula is C22H22N4O3. The van der Waals surface area contributed by atoms with Crippen LogP contribution in [0.5, 0.6) is 5.75 Å². The fourth-order valence-electron chi connectivity index (χ4n) is 3.07. The number of ether oxygens (including phenoxy) is 1. The molecule has 2 heterocycles. The first-order chi connectivity index (χ1) is 14.1. The lowest BCUT2D eigenvalue weighted by Crippen LogP contribution is -2.11. The van der Waals surface area contributed by atoms with Gasteiger partial charge in [0.05, 0.1) is 5.69 Å². The van der Waals surface area contributed by atoms with E-state index in [9.17, 15) is 4.79 Å². The highest BCUT2D eigenvalue weighted by atomic mass is 16.5. The van der Waals surface area contributed by atoms with Crippen LogP contribution in [-0.4, -0.2) is 35.1 Å². The first-order valence-corrected chi connectivity index (χ1v) is 9.28. The second-order valence-electron chi connectivity index (χ2n) is 7.00. The molecule has 7 nitrogen and oxygen atoms in total. The molecule has 0 saturated heterocycles. The van der Waals surface area contributed by atoms with E-state index in [0.29, 0.717) is 18.1 Å². The zero-order valence-corrected chi connectivity index (χ0v) is 16.3. The highest BCUT2D eigenvalue weighted by molar-refractivity contribution is 6.01. The number of hydrogen-bond acceptors (Lipinski definition) is 5. The standard InChI is InChI=1S/C22H22N4O3/c1-26(2)13-16-12-21(25-24-16)23-22(27)20-11-10-17(29-20)14-28-19-9-5-7-15-6-3-4-8-18(15)19/h3-12H,13-14H2,1-2H3,(H2,23,24,25,27). The van der Waals surface area contributed by atoms with Gasteiger partial charge in [0.1, 0.15) is 18.1 Å². The molecule has 2 aromatic heterocycles. The largest absolute Gasteiger partial charge is 0.485 e. The number of hydrogen-bond donors (Lipinski definition) is 2. The monoisotopic (exact) mass is 390 g/mol. The van der Waals surface area contributed by atoms with Crippen LogP contribution in [0.2, 0.25) is 0 Å². The molecule has 148 valence electrons. The van der Waals surface area contributed by atoms with Crippen molar-refractivity contribution >= 4 is 22.5 Å². The average molecular weight is 390 g/mol. The van der Waals surface area contributed by atoms with Crippen LogP contribution in [0.15, 0.2) is 65.1 Å². The predicted molar refractivity (Wildman–Crippen MR) is 111 cm³/mol. The number of furan rings is 1. The quantitative estimate of drug-likeness (QED) is 0.497. The van der Waals surface area contributed by atoms with Crippen molar-refractivity contribution in [1.82, 2.24) is 15.1 Å². The number of aromatic nitrogens is 2. The fourth-order valence-corrected chi connectivity index (χ4v) is 3.07. The molecule has 0 unspecified atom stereocenters. The topological polar surface area (TPSA) is 83.4 Å². The summed E-state index contributed by atoms with van der Waals surface area (Å²) in [6.07, 6.45) is 0. The number of fused-ring (bicyclic) bond motifs is 1. The van der Waals surface area contributed by atoms with Crippen molar-refractivity contribution in [1.29, 1.82) is 0 Å². The van der Waals surface area contributed by atoms with Gasteiger partial charge in [-0.3, -0.25) is 9.89 Å². The number of carbonyl (C=O) groups excluding carboxylic acids is 1. The Hall–Kier alpha value is -3.58. The molecule has 4 aromatic rings. The van der Waals surface area contributed by atoms with E-state index in [0.717, 1.165) is 22.2 Å². The van der Waals surface area contributed by atoms with Crippen LogP contribution < -0.4 is 10.1 Å². The third-order valence-corrected chi connectivity index (χ3v) is 4.36. The molecule has 2 N–H and O–H groups in total. The van der Waals surface area contributed by atoms with Gasteiger partial charge in [-0.25, -0.2) is 0 Å². The van der Waals surface area contributed by atoms with E-state index >= 15 is 0 Å². The molecule has 0 fully saturated rings. The van der Waals surface area contributed by atoms with Crippen LogP contribution in [0.1, 0.15) is 22.0 Å². The summed E-state index contributed by atoms with van der Waals surface area (Å²) in [6, 6.07) is 19.1. The Morgan fingerprint density at radius 2 is 1.97 bits per heavy atom. The molecule has 0 spiro atoms. The van der Waals surface area contributed by atoms with E-state index in [4.69, 9.17) is 9.15 Å². The summed E-state index contributed by atoms with van der Waals surface area (Å²) < 4.78 is 11.5. The number of anilines is 1. The maximum absolute atomic E-state index is 12.4. The van der Waals surface area contributed by atoms with Gasteiger partial charge >= 0.3 is 0 Å². The van der Waals surface area contributed by atoms with E-state index < -0.39 is 0 Å². The van der Waals surface area contributed by atoms with E-state index in [1.165, 1.54) is 0 Å². The first-order valence-electron chi connectivity index (χ1n) is 9.28. The van der Waals surface area contributed by atoms with Gasteiger partial charge in [0.15, 0.2) is 11.6 Å². The maximum atomic E-state index is 12.4. The van der Waals surface area contributed by atoms with Gasteiger partial charge in [0.2, 0.25) is 0 Å². The first kappa shape index (κ1) is 18.8.